The van der Waals surface area contributed by atoms with Crippen molar-refractivity contribution in [1.29, 1.82) is 0 Å². The first-order valence-corrected chi connectivity index (χ1v) is 7.51. The molecule has 1 saturated heterocycles. The third-order valence-electron chi connectivity index (χ3n) is 3.36. The summed E-state index contributed by atoms with van der Waals surface area (Å²) in [6.45, 7) is 3.81. The van der Waals surface area contributed by atoms with E-state index in [1.807, 2.05) is 0 Å². The Labute approximate surface area is 126 Å². The second-order valence-corrected chi connectivity index (χ2v) is 5.45. The minimum Gasteiger partial charge on any atom is -0.390 e. The molecule has 1 rings (SSSR count). The molecule has 2 atom stereocenters. The number of ether oxygens (including phenoxy) is 1. The van der Waals surface area contributed by atoms with E-state index < -0.39 is 18.3 Å². The van der Waals surface area contributed by atoms with Crippen molar-refractivity contribution in [3.8, 4) is 0 Å². The molecule has 0 spiro atoms. The Hall–Kier alpha value is -0.320. The third kappa shape index (κ3) is 9.33. The SMILES string of the molecule is COC1CNCC(O)CNCC(O)CNCC(O)CNC1. The fourth-order valence-corrected chi connectivity index (χ4v) is 2.11. The van der Waals surface area contributed by atoms with Crippen LogP contribution in [0.2, 0.25) is 0 Å². The van der Waals surface area contributed by atoms with Crippen LogP contribution in [0.3, 0.4) is 0 Å². The molecule has 8 heteroatoms. The van der Waals surface area contributed by atoms with Gasteiger partial charge in [0.25, 0.3) is 0 Å². The Morgan fingerprint density at radius 2 is 0.905 bits per heavy atom. The lowest BCUT2D eigenvalue weighted by Crippen LogP contribution is -2.46. The average Bonchev–Trinajstić information content (AvgIpc) is 2.44. The van der Waals surface area contributed by atoms with Crippen LogP contribution in [-0.2, 0) is 4.74 Å². The Balaban J connectivity index is 2.39. The summed E-state index contributed by atoms with van der Waals surface area (Å²) in [5.41, 5.74) is 0. The molecule has 0 amide bonds. The molecule has 1 aliphatic heterocycles. The molecule has 2 unspecified atom stereocenters. The van der Waals surface area contributed by atoms with Crippen LogP contribution in [0.15, 0.2) is 0 Å². The first-order chi connectivity index (χ1) is 10.1. The summed E-state index contributed by atoms with van der Waals surface area (Å²) in [5.74, 6) is 0. The summed E-state index contributed by atoms with van der Waals surface area (Å²) < 4.78 is 5.33. The van der Waals surface area contributed by atoms with Crippen molar-refractivity contribution in [3.63, 3.8) is 0 Å². The molecule has 0 radical (unpaired) electrons. The number of hydrogen-bond donors (Lipinski definition) is 7. The van der Waals surface area contributed by atoms with Crippen molar-refractivity contribution >= 4 is 0 Å². The number of aliphatic hydroxyl groups is 3. The number of aliphatic hydroxyl groups excluding tert-OH is 3. The number of methoxy groups -OCH3 is 1. The van der Waals surface area contributed by atoms with Crippen molar-refractivity contribution in [3.05, 3.63) is 0 Å². The average molecular weight is 306 g/mol. The van der Waals surface area contributed by atoms with Crippen LogP contribution in [0.5, 0.6) is 0 Å². The zero-order valence-corrected chi connectivity index (χ0v) is 12.7. The van der Waals surface area contributed by atoms with Crippen molar-refractivity contribution in [2.45, 2.75) is 24.4 Å². The third-order valence-corrected chi connectivity index (χ3v) is 3.36. The van der Waals surface area contributed by atoms with Crippen LogP contribution < -0.4 is 21.3 Å². The highest BCUT2D eigenvalue weighted by Gasteiger charge is 2.12. The van der Waals surface area contributed by atoms with E-state index in [0.29, 0.717) is 52.4 Å². The molecule has 7 N–H and O–H groups in total. The van der Waals surface area contributed by atoms with Gasteiger partial charge < -0.3 is 41.3 Å². The minimum atomic E-state index is -0.545. The van der Waals surface area contributed by atoms with Gasteiger partial charge in [0.1, 0.15) is 0 Å². The van der Waals surface area contributed by atoms with Gasteiger partial charge in [-0.3, -0.25) is 0 Å². The second-order valence-electron chi connectivity index (χ2n) is 5.45. The quantitative estimate of drug-likeness (QED) is 0.266. The summed E-state index contributed by atoms with van der Waals surface area (Å²) in [4.78, 5) is 0. The van der Waals surface area contributed by atoms with E-state index in [4.69, 9.17) is 4.74 Å². The highest BCUT2D eigenvalue weighted by molar-refractivity contribution is 4.73. The second kappa shape index (κ2) is 11.3. The van der Waals surface area contributed by atoms with Crippen molar-refractivity contribution in [2.24, 2.45) is 0 Å². The zero-order valence-electron chi connectivity index (χ0n) is 12.7. The van der Waals surface area contributed by atoms with Gasteiger partial charge in [-0.05, 0) is 0 Å². The van der Waals surface area contributed by atoms with Gasteiger partial charge in [0, 0.05) is 59.5 Å². The maximum Gasteiger partial charge on any atom is 0.0819 e. The molecular weight excluding hydrogens is 276 g/mol. The van der Waals surface area contributed by atoms with Gasteiger partial charge in [-0.15, -0.1) is 0 Å². The van der Waals surface area contributed by atoms with E-state index >= 15 is 0 Å². The molecule has 21 heavy (non-hydrogen) atoms. The molecule has 0 aromatic rings. The minimum absolute atomic E-state index is 0.0138. The van der Waals surface area contributed by atoms with Crippen molar-refractivity contribution in [1.82, 2.24) is 21.3 Å². The molecule has 1 heterocycles. The molecule has 8 nitrogen and oxygen atoms in total. The van der Waals surface area contributed by atoms with E-state index in [1.54, 1.807) is 7.11 Å². The highest BCUT2D eigenvalue weighted by atomic mass is 16.5. The first-order valence-electron chi connectivity index (χ1n) is 7.51. The lowest BCUT2D eigenvalue weighted by atomic mass is 10.2. The Bertz CT molecular complexity index is 238. The largest absolute Gasteiger partial charge is 0.390 e. The van der Waals surface area contributed by atoms with Crippen molar-refractivity contribution < 1.29 is 20.1 Å². The maximum absolute atomic E-state index is 9.79. The van der Waals surface area contributed by atoms with Crippen LogP contribution in [0.4, 0.5) is 0 Å². The molecule has 0 aromatic heterocycles. The standard InChI is InChI=1S/C13H30N4O4/c1-21-13-8-16-6-11(19)4-14-2-10(18)3-15-5-12(20)7-17-9-13/h10-20H,2-9H2,1H3. The summed E-state index contributed by atoms with van der Waals surface area (Å²) in [6.07, 6.45) is -1.58. The van der Waals surface area contributed by atoms with Gasteiger partial charge in [0.2, 0.25) is 0 Å². The summed E-state index contributed by atoms with van der Waals surface area (Å²) in [7, 11) is 1.64. The van der Waals surface area contributed by atoms with E-state index in [0.717, 1.165) is 0 Å². The fraction of sp³-hybridized carbons (Fsp3) is 1.00. The van der Waals surface area contributed by atoms with E-state index in [1.165, 1.54) is 0 Å². The first kappa shape index (κ1) is 18.7. The maximum atomic E-state index is 9.79. The van der Waals surface area contributed by atoms with Gasteiger partial charge >= 0.3 is 0 Å². The molecular formula is C13H30N4O4. The lowest BCUT2D eigenvalue weighted by Gasteiger charge is -2.21. The van der Waals surface area contributed by atoms with Crippen LogP contribution in [-0.4, -0.2) is 99.2 Å². The van der Waals surface area contributed by atoms with Gasteiger partial charge in [-0.1, -0.05) is 0 Å². The van der Waals surface area contributed by atoms with Gasteiger partial charge in [0.05, 0.1) is 24.4 Å². The normalized spacial score (nSPS) is 35.4. The topological polar surface area (TPSA) is 118 Å². The van der Waals surface area contributed by atoms with Crippen LogP contribution >= 0.6 is 0 Å². The number of nitrogens with one attached hydrogen (secondary N) is 4. The number of hydrogen-bond acceptors (Lipinski definition) is 8. The fourth-order valence-electron chi connectivity index (χ4n) is 2.11. The number of β-amino-alcohol motifs (C(OH)–C–C–N with tert-alkyl or cyclic N) is 3. The van der Waals surface area contributed by atoms with Gasteiger partial charge in [0.15, 0.2) is 0 Å². The lowest BCUT2D eigenvalue weighted by molar-refractivity contribution is 0.0868. The molecule has 126 valence electrons. The molecule has 0 aromatic carbocycles. The molecule has 0 saturated carbocycles. The van der Waals surface area contributed by atoms with E-state index in [-0.39, 0.29) is 6.10 Å². The van der Waals surface area contributed by atoms with E-state index in [9.17, 15) is 15.3 Å². The summed E-state index contributed by atoms with van der Waals surface area (Å²) in [6, 6.07) is 0. The van der Waals surface area contributed by atoms with Crippen molar-refractivity contribution in [2.75, 3.05) is 59.5 Å². The predicted molar refractivity (Wildman–Crippen MR) is 80.3 cm³/mol. The van der Waals surface area contributed by atoms with Gasteiger partial charge in [-0.2, -0.15) is 0 Å². The molecule has 0 aliphatic carbocycles. The predicted octanol–water partition coefficient (Wildman–Crippen LogP) is -3.54. The Kier molecular flexibility index (Phi) is 10.1. The van der Waals surface area contributed by atoms with E-state index in [2.05, 4.69) is 21.3 Å². The molecule has 1 aliphatic rings. The van der Waals surface area contributed by atoms with Gasteiger partial charge in [-0.25, -0.2) is 0 Å². The molecule has 0 bridgehead atoms. The summed E-state index contributed by atoms with van der Waals surface area (Å²) in [5, 5.41) is 41.6. The zero-order chi connectivity index (χ0) is 15.5. The summed E-state index contributed by atoms with van der Waals surface area (Å²) >= 11 is 0. The van der Waals surface area contributed by atoms with Crippen LogP contribution in [0.25, 0.3) is 0 Å². The monoisotopic (exact) mass is 306 g/mol. The highest BCUT2D eigenvalue weighted by Crippen LogP contribution is 1.89. The molecule has 1 fully saturated rings. The Morgan fingerprint density at radius 3 is 1.19 bits per heavy atom. The Morgan fingerprint density at radius 1 is 0.619 bits per heavy atom. The van der Waals surface area contributed by atoms with Crippen LogP contribution in [0, 0.1) is 0 Å². The number of rotatable bonds is 1. The smallest absolute Gasteiger partial charge is 0.0819 e. The van der Waals surface area contributed by atoms with Crippen LogP contribution in [0.1, 0.15) is 0 Å².